The van der Waals surface area contributed by atoms with Crippen molar-refractivity contribution in [2.45, 2.75) is 45.6 Å². The Bertz CT molecular complexity index is 1120. The minimum absolute atomic E-state index is 0.0212. The second-order valence-electron chi connectivity index (χ2n) is 6.54. The molecule has 5 nitrogen and oxygen atoms in total. The minimum Gasteiger partial charge on any atom is -0.299 e. The Morgan fingerprint density at radius 3 is 2.35 bits per heavy atom. The quantitative estimate of drug-likeness (QED) is 0.710. The van der Waals surface area contributed by atoms with Crippen molar-refractivity contribution in [3.8, 4) is 0 Å². The topological polar surface area (TPSA) is 68.2 Å². The summed E-state index contributed by atoms with van der Waals surface area (Å²) < 4.78 is 30.9. The normalized spacial score (nSPS) is 11.8. The van der Waals surface area contributed by atoms with Crippen LogP contribution in [0.4, 0.5) is 5.69 Å². The van der Waals surface area contributed by atoms with E-state index in [1.807, 2.05) is 26.0 Å². The number of anilines is 1. The molecule has 0 bridgehead atoms. The van der Waals surface area contributed by atoms with E-state index in [1.54, 1.807) is 36.6 Å². The summed E-state index contributed by atoms with van der Waals surface area (Å²) in [7, 11) is -3.70. The Labute approximate surface area is 157 Å². The third-order valence-corrected chi connectivity index (χ3v) is 6.87. The van der Waals surface area contributed by atoms with Crippen LogP contribution < -0.4 is 9.60 Å². The molecular formula is C19H22N2O3S2. The maximum absolute atomic E-state index is 12.9. The van der Waals surface area contributed by atoms with Crippen molar-refractivity contribution < 1.29 is 8.42 Å². The second kappa shape index (κ2) is 6.89. The average Bonchev–Trinajstić information content (AvgIpc) is 2.81. The van der Waals surface area contributed by atoms with Crippen molar-refractivity contribution in [2.75, 3.05) is 4.72 Å². The molecule has 0 saturated carbocycles. The van der Waals surface area contributed by atoms with E-state index in [0.29, 0.717) is 17.1 Å². The third-order valence-electron chi connectivity index (χ3n) is 4.24. The number of sulfonamides is 1. The van der Waals surface area contributed by atoms with Crippen LogP contribution in [0.5, 0.6) is 0 Å². The molecule has 0 unspecified atom stereocenters. The number of nitrogens with zero attached hydrogens (tertiary/aromatic N) is 1. The van der Waals surface area contributed by atoms with Crippen LogP contribution in [0.1, 0.15) is 30.0 Å². The molecule has 0 aliphatic carbocycles. The third kappa shape index (κ3) is 3.41. The lowest BCUT2D eigenvalue weighted by atomic mass is 10.1. The average molecular weight is 391 g/mol. The van der Waals surface area contributed by atoms with Gasteiger partial charge in [-0.25, -0.2) is 8.42 Å². The first kappa shape index (κ1) is 18.7. The van der Waals surface area contributed by atoms with Gasteiger partial charge in [-0.05, 0) is 56.5 Å². The van der Waals surface area contributed by atoms with Gasteiger partial charge >= 0.3 is 4.87 Å². The van der Waals surface area contributed by atoms with Gasteiger partial charge in [0.05, 0.1) is 20.8 Å². The van der Waals surface area contributed by atoms with Crippen molar-refractivity contribution in [2.24, 2.45) is 0 Å². The lowest BCUT2D eigenvalue weighted by Gasteiger charge is -2.14. The molecular weight excluding hydrogens is 368 g/mol. The van der Waals surface area contributed by atoms with Crippen molar-refractivity contribution in [3.63, 3.8) is 0 Å². The summed E-state index contributed by atoms with van der Waals surface area (Å²) in [6.07, 6.45) is 0.867. The van der Waals surface area contributed by atoms with Crippen molar-refractivity contribution in [3.05, 3.63) is 56.7 Å². The molecule has 0 fully saturated rings. The number of thiazole rings is 1. The smallest absolute Gasteiger partial charge is 0.299 e. The molecule has 138 valence electrons. The molecule has 3 rings (SSSR count). The van der Waals surface area contributed by atoms with Crippen LogP contribution in [-0.4, -0.2) is 13.0 Å². The number of aryl methyl sites for hydroxylation is 4. The van der Waals surface area contributed by atoms with Gasteiger partial charge < -0.3 is 0 Å². The standard InChI is InChI=1S/C19H22N2O3S2/c1-5-8-21-16-7-6-15(11-17(16)25-19(21)22)20-26(23,24)18-13(3)9-12(2)10-14(18)4/h6-7,9-11,20H,5,8H2,1-4H3. The fourth-order valence-corrected chi connectivity index (χ4v) is 5.82. The van der Waals surface area contributed by atoms with Gasteiger partial charge in [-0.15, -0.1) is 0 Å². The molecule has 0 saturated heterocycles. The first-order valence-electron chi connectivity index (χ1n) is 8.47. The minimum atomic E-state index is -3.70. The van der Waals surface area contributed by atoms with Gasteiger partial charge in [0.1, 0.15) is 0 Å². The Kier molecular flexibility index (Phi) is 4.94. The van der Waals surface area contributed by atoms with Crippen LogP contribution in [0.2, 0.25) is 0 Å². The number of nitrogens with one attached hydrogen (secondary N) is 1. The van der Waals surface area contributed by atoms with Gasteiger partial charge in [-0.2, -0.15) is 0 Å². The molecule has 2 aromatic carbocycles. The Morgan fingerprint density at radius 1 is 1.08 bits per heavy atom. The number of rotatable bonds is 5. The van der Waals surface area contributed by atoms with Crippen LogP contribution >= 0.6 is 11.3 Å². The van der Waals surface area contributed by atoms with Crippen LogP contribution in [0.3, 0.4) is 0 Å². The van der Waals surface area contributed by atoms with Crippen LogP contribution in [0.25, 0.3) is 10.2 Å². The summed E-state index contributed by atoms with van der Waals surface area (Å²) in [6.45, 7) is 8.22. The van der Waals surface area contributed by atoms with Crippen LogP contribution in [0.15, 0.2) is 40.0 Å². The highest BCUT2D eigenvalue weighted by Crippen LogP contribution is 2.27. The van der Waals surface area contributed by atoms with E-state index in [4.69, 9.17) is 0 Å². The SMILES string of the molecule is CCCn1c(=O)sc2cc(NS(=O)(=O)c3c(C)cc(C)cc3C)ccc21. The molecule has 0 aliphatic heterocycles. The highest BCUT2D eigenvalue weighted by Gasteiger charge is 2.20. The zero-order chi connectivity index (χ0) is 19.1. The van der Waals surface area contributed by atoms with E-state index in [2.05, 4.69) is 4.72 Å². The lowest BCUT2D eigenvalue weighted by Crippen LogP contribution is -2.16. The highest BCUT2D eigenvalue weighted by atomic mass is 32.2. The molecule has 0 amide bonds. The Balaban J connectivity index is 2.02. The fourth-order valence-electron chi connectivity index (χ4n) is 3.36. The number of fused-ring (bicyclic) bond motifs is 1. The zero-order valence-corrected chi connectivity index (χ0v) is 16.9. The predicted molar refractivity (Wildman–Crippen MR) is 108 cm³/mol. The number of hydrogen-bond donors (Lipinski definition) is 1. The summed E-state index contributed by atoms with van der Waals surface area (Å²) in [5.74, 6) is 0. The molecule has 0 spiro atoms. The maximum Gasteiger partial charge on any atom is 0.308 e. The first-order valence-corrected chi connectivity index (χ1v) is 10.8. The molecule has 1 heterocycles. The Morgan fingerprint density at radius 2 is 1.73 bits per heavy atom. The predicted octanol–water partition coefficient (Wildman–Crippen LogP) is 4.20. The van der Waals surface area contributed by atoms with Gasteiger partial charge in [-0.1, -0.05) is 36.0 Å². The second-order valence-corrected chi connectivity index (χ2v) is 9.15. The van der Waals surface area contributed by atoms with E-state index < -0.39 is 10.0 Å². The molecule has 1 N–H and O–H groups in total. The fraction of sp³-hybridized carbons (Fsp3) is 0.316. The highest BCUT2D eigenvalue weighted by molar-refractivity contribution is 7.92. The lowest BCUT2D eigenvalue weighted by molar-refractivity contribution is 0.600. The zero-order valence-electron chi connectivity index (χ0n) is 15.3. The van der Waals surface area contributed by atoms with Crippen molar-refractivity contribution >= 4 is 37.3 Å². The molecule has 0 aliphatic rings. The summed E-state index contributed by atoms with van der Waals surface area (Å²) in [6, 6.07) is 8.96. The molecule has 7 heteroatoms. The van der Waals surface area contributed by atoms with Gasteiger partial charge in [0.15, 0.2) is 0 Å². The van der Waals surface area contributed by atoms with E-state index in [1.165, 1.54) is 0 Å². The molecule has 0 atom stereocenters. The summed E-state index contributed by atoms with van der Waals surface area (Å²) in [4.78, 5) is 12.4. The number of benzene rings is 2. The van der Waals surface area contributed by atoms with Crippen molar-refractivity contribution in [1.82, 2.24) is 4.57 Å². The van der Waals surface area contributed by atoms with E-state index >= 15 is 0 Å². The molecule has 1 aromatic heterocycles. The number of aromatic nitrogens is 1. The van der Waals surface area contributed by atoms with Crippen molar-refractivity contribution in [1.29, 1.82) is 0 Å². The molecule has 0 radical (unpaired) electrons. The van der Waals surface area contributed by atoms with Crippen LogP contribution in [0, 0.1) is 20.8 Å². The van der Waals surface area contributed by atoms with E-state index in [0.717, 1.165) is 44.7 Å². The largest absolute Gasteiger partial charge is 0.308 e. The Hall–Kier alpha value is -2.12. The molecule has 26 heavy (non-hydrogen) atoms. The first-order chi connectivity index (χ1) is 12.2. The maximum atomic E-state index is 12.9. The summed E-state index contributed by atoms with van der Waals surface area (Å²) >= 11 is 1.14. The summed E-state index contributed by atoms with van der Waals surface area (Å²) in [5, 5.41) is 0. The summed E-state index contributed by atoms with van der Waals surface area (Å²) in [5.41, 5.74) is 3.77. The van der Waals surface area contributed by atoms with Gasteiger partial charge in [-0.3, -0.25) is 14.1 Å². The van der Waals surface area contributed by atoms with Gasteiger partial charge in [0.2, 0.25) is 0 Å². The monoisotopic (exact) mass is 390 g/mol. The van der Waals surface area contributed by atoms with Crippen LogP contribution in [-0.2, 0) is 16.6 Å². The molecule has 3 aromatic rings. The van der Waals surface area contributed by atoms with Gasteiger partial charge in [0.25, 0.3) is 10.0 Å². The van der Waals surface area contributed by atoms with E-state index in [9.17, 15) is 13.2 Å². The van der Waals surface area contributed by atoms with E-state index in [-0.39, 0.29) is 4.87 Å². The number of hydrogen-bond acceptors (Lipinski definition) is 4. The van der Waals surface area contributed by atoms with Gasteiger partial charge in [0, 0.05) is 6.54 Å².